The maximum atomic E-state index is 13.0. The summed E-state index contributed by atoms with van der Waals surface area (Å²) in [5, 5.41) is 5.26. The summed E-state index contributed by atoms with van der Waals surface area (Å²) in [6.07, 6.45) is 0. The summed E-state index contributed by atoms with van der Waals surface area (Å²) in [6, 6.07) is 9.73. The number of anilines is 2. The number of ether oxygens (including phenoxy) is 2. The number of carbonyl (C=O) groups is 1. The predicted octanol–water partition coefficient (Wildman–Crippen LogP) is 3.49. The summed E-state index contributed by atoms with van der Waals surface area (Å²) in [4.78, 5) is 11.8. The number of alkyl halides is 2. The van der Waals surface area contributed by atoms with Crippen molar-refractivity contribution in [2.24, 2.45) is 0 Å². The molecule has 0 bridgehead atoms. The van der Waals surface area contributed by atoms with E-state index in [1.165, 1.54) is 37.4 Å². The number of nitrogens with one attached hydrogen (secondary N) is 2. The number of carbonyl (C=O) groups excluding carboxylic acids is 1. The van der Waals surface area contributed by atoms with Crippen LogP contribution in [0.2, 0.25) is 0 Å². The molecule has 0 saturated heterocycles. The van der Waals surface area contributed by atoms with Crippen LogP contribution in [0, 0.1) is 5.82 Å². The molecule has 0 unspecified atom stereocenters. The van der Waals surface area contributed by atoms with Crippen molar-refractivity contribution in [3.8, 4) is 11.5 Å². The molecule has 0 aliphatic carbocycles. The Morgan fingerprint density at radius 3 is 2.58 bits per heavy atom. The molecule has 1 amide bonds. The number of hydrogen-bond donors (Lipinski definition) is 2. The normalized spacial score (nSPS) is 10.4. The van der Waals surface area contributed by atoms with Gasteiger partial charge in [-0.2, -0.15) is 8.78 Å². The van der Waals surface area contributed by atoms with Gasteiger partial charge in [0.05, 0.1) is 13.7 Å². The van der Waals surface area contributed by atoms with Crippen molar-refractivity contribution in [3.05, 3.63) is 48.3 Å². The van der Waals surface area contributed by atoms with Crippen LogP contribution in [-0.2, 0) is 4.79 Å². The van der Waals surface area contributed by atoms with E-state index in [4.69, 9.17) is 4.74 Å². The lowest BCUT2D eigenvalue weighted by Gasteiger charge is -2.13. The molecule has 0 radical (unpaired) electrons. The molecule has 0 heterocycles. The minimum absolute atomic E-state index is 0.142. The molecule has 5 nitrogen and oxygen atoms in total. The van der Waals surface area contributed by atoms with Gasteiger partial charge < -0.3 is 20.1 Å². The largest absolute Gasteiger partial charge is 0.493 e. The van der Waals surface area contributed by atoms with Crippen molar-refractivity contribution >= 4 is 17.3 Å². The van der Waals surface area contributed by atoms with E-state index in [9.17, 15) is 18.0 Å². The van der Waals surface area contributed by atoms with Gasteiger partial charge in [0.1, 0.15) is 5.82 Å². The molecule has 0 fully saturated rings. The van der Waals surface area contributed by atoms with E-state index in [0.29, 0.717) is 11.4 Å². The second-order valence-corrected chi connectivity index (χ2v) is 4.66. The molecule has 2 aromatic carbocycles. The lowest BCUT2D eigenvalue weighted by molar-refractivity contribution is -0.114. The Morgan fingerprint density at radius 1 is 1.12 bits per heavy atom. The molecule has 24 heavy (non-hydrogen) atoms. The van der Waals surface area contributed by atoms with E-state index < -0.39 is 18.3 Å². The van der Waals surface area contributed by atoms with Gasteiger partial charge in [-0.25, -0.2) is 4.39 Å². The van der Waals surface area contributed by atoms with Crippen molar-refractivity contribution in [2.45, 2.75) is 6.61 Å². The van der Waals surface area contributed by atoms with Crippen LogP contribution in [-0.4, -0.2) is 26.2 Å². The summed E-state index contributed by atoms with van der Waals surface area (Å²) in [5.74, 6) is -0.898. The molecule has 0 saturated carbocycles. The maximum Gasteiger partial charge on any atom is 0.387 e. The van der Waals surface area contributed by atoms with Gasteiger partial charge in [-0.05, 0) is 30.3 Å². The number of amides is 1. The van der Waals surface area contributed by atoms with E-state index >= 15 is 0 Å². The van der Waals surface area contributed by atoms with Crippen LogP contribution in [0.5, 0.6) is 11.5 Å². The van der Waals surface area contributed by atoms with Crippen LogP contribution in [0.1, 0.15) is 0 Å². The van der Waals surface area contributed by atoms with E-state index in [2.05, 4.69) is 15.4 Å². The first-order valence-electron chi connectivity index (χ1n) is 6.90. The Kier molecular flexibility index (Phi) is 5.89. The Labute approximate surface area is 136 Å². The van der Waals surface area contributed by atoms with Crippen molar-refractivity contribution in [1.29, 1.82) is 0 Å². The molecule has 2 aromatic rings. The van der Waals surface area contributed by atoms with Crippen LogP contribution in [0.3, 0.4) is 0 Å². The summed E-state index contributed by atoms with van der Waals surface area (Å²) >= 11 is 0. The van der Waals surface area contributed by atoms with Crippen molar-refractivity contribution in [3.63, 3.8) is 0 Å². The van der Waals surface area contributed by atoms with Gasteiger partial charge in [-0.1, -0.05) is 6.07 Å². The summed E-state index contributed by atoms with van der Waals surface area (Å²) in [5.41, 5.74) is 0.707. The minimum Gasteiger partial charge on any atom is -0.493 e. The quantitative estimate of drug-likeness (QED) is 0.810. The fourth-order valence-corrected chi connectivity index (χ4v) is 1.93. The van der Waals surface area contributed by atoms with Crippen LogP contribution in [0.4, 0.5) is 24.5 Å². The number of benzene rings is 2. The zero-order valence-corrected chi connectivity index (χ0v) is 12.7. The Balaban J connectivity index is 1.97. The van der Waals surface area contributed by atoms with E-state index in [1.807, 2.05) is 0 Å². The van der Waals surface area contributed by atoms with E-state index in [-0.39, 0.29) is 18.0 Å². The first-order valence-corrected chi connectivity index (χ1v) is 6.90. The lowest BCUT2D eigenvalue weighted by atomic mass is 10.2. The van der Waals surface area contributed by atoms with Crippen LogP contribution >= 0.6 is 0 Å². The average molecular weight is 340 g/mol. The first-order chi connectivity index (χ1) is 11.5. The zero-order chi connectivity index (χ0) is 17.5. The highest BCUT2D eigenvalue weighted by Gasteiger charge is 2.12. The number of rotatable bonds is 7. The molecule has 2 rings (SSSR count). The minimum atomic E-state index is -2.99. The summed E-state index contributed by atoms with van der Waals surface area (Å²) in [6.45, 7) is -3.14. The molecular formula is C16H15F3N2O3. The molecule has 8 heteroatoms. The summed E-state index contributed by atoms with van der Waals surface area (Å²) < 4.78 is 47.0. The highest BCUT2D eigenvalue weighted by Crippen LogP contribution is 2.31. The Bertz CT molecular complexity index is 711. The summed E-state index contributed by atoms with van der Waals surface area (Å²) in [7, 11) is 1.33. The number of methoxy groups -OCH3 is 1. The average Bonchev–Trinajstić information content (AvgIpc) is 2.52. The second-order valence-electron chi connectivity index (χ2n) is 4.66. The van der Waals surface area contributed by atoms with Crippen LogP contribution in [0.15, 0.2) is 42.5 Å². The van der Waals surface area contributed by atoms with Gasteiger partial charge >= 0.3 is 6.61 Å². The zero-order valence-electron chi connectivity index (χ0n) is 12.7. The monoisotopic (exact) mass is 340 g/mol. The third-order valence-corrected chi connectivity index (χ3v) is 2.94. The van der Waals surface area contributed by atoms with Crippen molar-refractivity contribution < 1.29 is 27.4 Å². The van der Waals surface area contributed by atoms with Gasteiger partial charge in [-0.15, -0.1) is 0 Å². The fraction of sp³-hybridized carbons (Fsp3) is 0.188. The van der Waals surface area contributed by atoms with Crippen LogP contribution < -0.4 is 20.1 Å². The molecule has 0 spiro atoms. The molecule has 2 N–H and O–H groups in total. The molecule has 0 aliphatic rings. The van der Waals surface area contributed by atoms with Crippen molar-refractivity contribution in [1.82, 2.24) is 0 Å². The van der Waals surface area contributed by atoms with Crippen molar-refractivity contribution in [2.75, 3.05) is 24.3 Å². The van der Waals surface area contributed by atoms with Gasteiger partial charge in [-0.3, -0.25) is 4.79 Å². The molecule has 128 valence electrons. The lowest BCUT2D eigenvalue weighted by Crippen LogP contribution is -2.21. The third-order valence-electron chi connectivity index (χ3n) is 2.94. The number of hydrogen-bond acceptors (Lipinski definition) is 4. The molecular weight excluding hydrogens is 325 g/mol. The van der Waals surface area contributed by atoms with Gasteiger partial charge in [0.25, 0.3) is 0 Å². The van der Waals surface area contributed by atoms with Gasteiger partial charge in [0.2, 0.25) is 5.91 Å². The molecule has 0 aromatic heterocycles. The number of halogens is 3. The van der Waals surface area contributed by atoms with E-state index in [1.54, 1.807) is 12.1 Å². The Hall–Kier alpha value is -2.90. The third kappa shape index (κ3) is 5.08. The predicted molar refractivity (Wildman–Crippen MR) is 83.1 cm³/mol. The van der Waals surface area contributed by atoms with Crippen LogP contribution in [0.25, 0.3) is 0 Å². The standard InChI is InChI=1S/C16H15F3N2O3/c1-23-13-6-5-11(8-14(13)24-16(18)19)20-9-15(22)21-12-4-2-3-10(17)7-12/h2-8,16,20H,9H2,1H3,(H,21,22). The Morgan fingerprint density at radius 2 is 1.92 bits per heavy atom. The fourth-order valence-electron chi connectivity index (χ4n) is 1.93. The first kappa shape index (κ1) is 17.5. The smallest absolute Gasteiger partial charge is 0.387 e. The highest BCUT2D eigenvalue weighted by molar-refractivity contribution is 5.93. The SMILES string of the molecule is COc1ccc(NCC(=O)Nc2cccc(F)c2)cc1OC(F)F. The highest BCUT2D eigenvalue weighted by atomic mass is 19.3. The molecule has 0 aliphatic heterocycles. The van der Waals surface area contributed by atoms with Gasteiger partial charge in [0, 0.05) is 17.4 Å². The van der Waals surface area contributed by atoms with Gasteiger partial charge in [0.15, 0.2) is 11.5 Å². The van der Waals surface area contributed by atoms with E-state index in [0.717, 1.165) is 0 Å². The molecule has 0 atom stereocenters. The second kappa shape index (κ2) is 8.09. The topological polar surface area (TPSA) is 59.6 Å². The maximum absolute atomic E-state index is 13.0.